The van der Waals surface area contributed by atoms with Gasteiger partial charge in [0, 0.05) is 16.4 Å². The van der Waals surface area contributed by atoms with E-state index in [-0.39, 0.29) is 11.9 Å². The molecule has 0 saturated carbocycles. The zero-order valence-corrected chi connectivity index (χ0v) is 16.2. The predicted molar refractivity (Wildman–Crippen MR) is 111 cm³/mol. The molecule has 9 nitrogen and oxygen atoms in total. The minimum absolute atomic E-state index is 0.170. The SMILES string of the molecule is COc1cc(-c2ncc(C)o2)c(-c2ccc3c(N)cnnc3c2)cc1B(O)OC=O. The van der Waals surface area contributed by atoms with Crippen LogP contribution in [0.15, 0.2) is 47.1 Å². The van der Waals surface area contributed by atoms with Gasteiger partial charge in [-0.15, -0.1) is 0 Å². The molecule has 3 N–H and O–H groups in total. The third-order valence-electron chi connectivity index (χ3n) is 4.65. The Kier molecular flexibility index (Phi) is 5.07. The number of hydrogen-bond donors (Lipinski definition) is 2. The first-order valence-electron chi connectivity index (χ1n) is 8.95. The van der Waals surface area contributed by atoms with Crippen LogP contribution in [0, 0.1) is 6.92 Å². The van der Waals surface area contributed by atoms with Crippen LogP contribution in [0.3, 0.4) is 0 Å². The molecule has 0 atom stereocenters. The number of hydrogen-bond acceptors (Lipinski definition) is 9. The molecule has 30 heavy (non-hydrogen) atoms. The number of nitrogen functional groups attached to an aromatic ring is 1. The van der Waals surface area contributed by atoms with Crippen molar-refractivity contribution in [1.29, 1.82) is 0 Å². The molecule has 2 aromatic heterocycles. The second-order valence-corrected chi connectivity index (χ2v) is 6.53. The normalized spacial score (nSPS) is 10.8. The number of nitrogens with zero attached hydrogens (tertiary/aromatic N) is 3. The minimum atomic E-state index is -1.51. The molecule has 150 valence electrons. The summed E-state index contributed by atoms with van der Waals surface area (Å²) in [7, 11) is -0.0575. The number of nitrogens with two attached hydrogens (primary N) is 1. The van der Waals surface area contributed by atoms with Gasteiger partial charge >= 0.3 is 7.12 Å². The fourth-order valence-electron chi connectivity index (χ4n) is 3.24. The molecule has 0 bridgehead atoms. The van der Waals surface area contributed by atoms with Crippen molar-refractivity contribution in [3.05, 3.63) is 48.5 Å². The van der Waals surface area contributed by atoms with Crippen LogP contribution in [0.2, 0.25) is 0 Å². The Morgan fingerprint density at radius 3 is 2.73 bits per heavy atom. The van der Waals surface area contributed by atoms with Gasteiger partial charge in [0.1, 0.15) is 11.5 Å². The number of carbonyl (C=O) groups excluding carboxylic acids is 1. The first-order valence-corrected chi connectivity index (χ1v) is 8.95. The Morgan fingerprint density at radius 2 is 2.03 bits per heavy atom. The third kappa shape index (κ3) is 3.44. The van der Waals surface area contributed by atoms with Crippen molar-refractivity contribution in [2.75, 3.05) is 12.8 Å². The highest BCUT2D eigenvalue weighted by Crippen LogP contribution is 2.35. The lowest BCUT2D eigenvalue weighted by Crippen LogP contribution is -2.34. The Labute approximate surface area is 171 Å². The van der Waals surface area contributed by atoms with Gasteiger partial charge in [0.2, 0.25) is 5.89 Å². The zero-order chi connectivity index (χ0) is 21.3. The van der Waals surface area contributed by atoms with Gasteiger partial charge in [0.05, 0.1) is 30.7 Å². The molecule has 4 rings (SSSR count). The molecule has 0 unspecified atom stereocenters. The average Bonchev–Trinajstić information content (AvgIpc) is 3.19. The van der Waals surface area contributed by atoms with Gasteiger partial charge < -0.3 is 24.6 Å². The smallest absolute Gasteiger partial charge is 0.508 e. The maximum atomic E-state index is 10.7. The number of oxazole rings is 1. The lowest BCUT2D eigenvalue weighted by atomic mass is 9.76. The molecule has 0 aliphatic heterocycles. The maximum Gasteiger partial charge on any atom is 0.565 e. The number of aromatic nitrogens is 3. The fraction of sp³-hybridized carbons (Fsp3) is 0.100. The number of ether oxygens (including phenoxy) is 1. The van der Waals surface area contributed by atoms with Crippen LogP contribution in [0.5, 0.6) is 5.75 Å². The minimum Gasteiger partial charge on any atom is -0.508 e. The van der Waals surface area contributed by atoms with Crippen LogP contribution in [-0.2, 0) is 9.45 Å². The molecular weight excluding hydrogens is 387 g/mol. The van der Waals surface area contributed by atoms with Gasteiger partial charge in [0.15, 0.2) is 0 Å². The zero-order valence-electron chi connectivity index (χ0n) is 16.2. The Bertz CT molecular complexity index is 1240. The lowest BCUT2D eigenvalue weighted by Gasteiger charge is -2.15. The second kappa shape index (κ2) is 7.84. The predicted octanol–water partition coefficient (Wildman–Crippen LogP) is 1.71. The standard InChI is InChI=1S/C20H17BN4O5/c1-11-8-23-20(30-11)15-7-19(28-2)16(21(27)29-10-26)6-14(15)12-3-4-13-17(22)9-24-25-18(13)5-12/h3-10,27H,1-2H3,(H2,22,25). The van der Waals surface area contributed by atoms with Crippen LogP contribution < -0.4 is 15.9 Å². The molecule has 0 fully saturated rings. The number of fused-ring (bicyclic) bond motifs is 1. The molecule has 4 aromatic rings. The number of carbonyl (C=O) groups is 1. The number of rotatable bonds is 6. The van der Waals surface area contributed by atoms with E-state index in [1.165, 1.54) is 13.3 Å². The Hall–Kier alpha value is -3.92. The molecule has 10 heteroatoms. The van der Waals surface area contributed by atoms with E-state index in [0.717, 1.165) is 10.9 Å². The summed E-state index contributed by atoms with van der Waals surface area (Å²) in [5, 5.41) is 19.1. The number of benzene rings is 2. The van der Waals surface area contributed by atoms with E-state index >= 15 is 0 Å². The summed E-state index contributed by atoms with van der Waals surface area (Å²) >= 11 is 0. The molecule has 0 aliphatic carbocycles. The quantitative estimate of drug-likeness (QED) is 0.364. The second-order valence-electron chi connectivity index (χ2n) is 6.53. The fourth-order valence-corrected chi connectivity index (χ4v) is 3.24. The molecule has 0 spiro atoms. The summed E-state index contributed by atoms with van der Waals surface area (Å²) in [4.78, 5) is 15.1. The molecule has 0 saturated heterocycles. The van der Waals surface area contributed by atoms with Gasteiger partial charge in [-0.2, -0.15) is 10.2 Å². The van der Waals surface area contributed by atoms with Crippen molar-refractivity contribution in [2.24, 2.45) is 0 Å². The topological polar surface area (TPSA) is 134 Å². The van der Waals surface area contributed by atoms with E-state index in [4.69, 9.17) is 19.5 Å². The largest absolute Gasteiger partial charge is 0.565 e. The van der Waals surface area contributed by atoms with Gasteiger partial charge in [-0.25, -0.2) is 4.98 Å². The van der Waals surface area contributed by atoms with E-state index in [9.17, 15) is 9.82 Å². The summed E-state index contributed by atoms with van der Waals surface area (Å²) in [5.41, 5.74) is 9.39. The van der Waals surface area contributed by atoms with Crippen molar-refractivity contribution in [2.45, 2.75) is 6.92 Å². The highest BCUT2D eigenvalue weighted by Gasteiger charge is 2.26. The summed E-state index contributed by atoms with van der Waals surface area (Å²) in [5.74, 6) is 1.32. The van der Waals surface area contributed by atoms with Crippen molar-refractivity contribution in [3.8, 4) is 28.3 Å². The Balaban J connectivity index is 1.98. The highest BCUT2D eigenvalue weighted by atomic mass is 16.6. The summed E-state index contributed by atoms with van der Waals surface area (Å²) < 4.78 is 15.8. The van der Waals surface area contributed by atoms with Crippen molar-refractivity contribution >= 4 is 35.6 Å². The van der Waals surface area contributed by atoms with Crippen molar-refractivity contribution < 1.29 is 23.6 Å². The van der Waals surface area contributed by atoms with Gasteiger partial charge in [0.25, 0.3) is 6.47 Å². The number of anilines is 1. The first-order chi connectivity index (χ1) is 14.5. The monoisotopic (exact) mass is 404 g/mol. The van der Waals surface area contributed by atoms with Crippen molar-refractivity contribution in [3.63, 3.8) is 0 Å². The van der Waals surface area contributed by atoms with E-state index in [2.05, 4.69) is 15.2 Å². The van der Waals surface area contributed by atoms with Crippen LogP contribution in [-0.4, -0.2) is 40.9 Å². The highest BCUT2D eigenvalue weighted by molar-refractivity contribution is 6.62. The first kappa shape index (κ1) is 19.4. The number of methoxy groups -OCH3 is 1. The Morgan fingerprint density at radius 1 is 1.20 bits per heavy atom. The molecule has 2 aromatic carbocycles. The van der Waals surface area contributed by atoms with Gasteiger partial charge in [-0.05, 0) is 42.3 Å². The summed E-state index contributed by atoms with van der Waals surface area (Å²) in [6.07, 6.45) is 3.10. The van der Waals surface area contributed by atoms with Gasteiger partial charge in [-0.3, -0.25) is 4.79 Å². The van der Waals surface area contributed by atoms with E-state index in [1.54, 1.807) is 25.3 Å². The summed E-state index contributed by atoms with van der Waals surface area (Å²) in [6.45, 7) is 1.96. The van der Waals surface area contributed by atoms with E-state index in [0.29, 0.717) is 39.7 Å². The maximum absolute atomic E-state index is 10.7. The van der Waals surface area contributed by atoms with Crippen molar-refractivity contribution in [1.82, 2.24) is 15.2 Å². The average molecular weight is 404 g/mol. The third-order valence-corrected chi connectivity index (χ3v) is 4.65. The number of aryl methyl sites for hydroxylation is 1. The van der Waals surface area contributed by atoms with Crippen LogP contribution in [0.4, 0.5) is 5.69 Å². The molecular formula is C20H17BN4O5. The van der Waals surface area contributed by atoms with Crippen LogP contribution in [0.1, 0.15) is 5.76 Å². The van der Waals surface area contributed by atoms with E-state index in [1.807, 2.05) is 18.2 Å². The van der Waals surface area contributed by atoms with Crippen LogP contribution >= 0.6 is 0 Å². The molecule has 0 amide bonds. The van der Waals surface area contributed by atoms with E-state index < -0.39 is 7.12 Å². The molecule has 0 aliphatic rings. The lowest BCUT2D eigenvalue weighted by molar-refractivity contribution is -0.121. The van der Waals surface area contributed by atoms with Crippen LogP contribution in [0.25, 0.3) is 33.5 Å². The van der Waals surface area contributed by atoms with Gasteiger partial charge in [-0.1, -0.05) is 6.07 Å². The summed E-state index contributed by atoms with van der Waals surface area (Å²) in [6, 6.07) is 8.83. The molecule has 2 heterocycles. The molecule has 0 radical (unpaired) electrons.